The van der Waals surface area contributed by atoms with Gasteiger partial charge in [0.15, 0.2) is 0 Å². The second-order valence-corrected chi connectivity index (χ2v) is 2.55. The van der Waals surface area contributed by atoms with Crippen molar-refractivity contribution in [2.75, 3.05) is 0 Å². The van der Waals surface area contributed by atoms with Crippen molar-refractivity contribution in [3.8, 4) is 11.1 Å². The molecule has 0 saturated heterocycles. The molecule has 0 amide bonds. The van der Waals surface area contributed by atoms with E-state index in [0.717, 1.165) is 11.1 Å². The van der Waals surface area contributed by atoms with Crippen molar-refractivity contribution < 1.29 is 1080 Å². The molecule has 2 aromatic rings. The van der Waals surface area contributed by atoms with Crippen LogP contribution in [-0.2, 0) is 1080 Å². The minimum absolute atomic E-state index is 0. The first-order valence-corrected chi connectivity index (χ1v) is 3.90. The van der Waals surface area contributed by atoms with E-state index in [0.29, 0.717) is 0 Å². The van der Waals surface area contributed by atoms with Gasteiger partial charge < -0.3 is 0 Å². The second-order valence-electron chi connectivity index (χ2n) is 2.55. The average molecular weight is 3090 g/mol. The first kappa shape index (κ1) is 217. The second kappa shape index (κ2) is 185. The van der Waals surface area contributed by atoms with Gasteiger partial charge in [0, 0.05) is 1080 Å². The summed E-state index contributed by atoms with van der Waals surface area (Å²) in [6.45, 7) is 0. The fraction of sp³-hybridized carbons (Fsp3) is 0. The summed E-state index contributed by atoms with van der Waals surface area (Å²) < 4.78 is 0. The molecule has 0 saturated carbocycles. The van der Waals surface area contributed by atoms with Crippen LogP contribution >= 0.6 is 0 Å². The summed E-state index contributed by atoms with van der Waals surface area (Å²) in [6, 6.07) is 22.1. The van der Waals surface area contributed by atoms with Gasteiger partial charge in [0.2, 0.25) is 0 Å². The summed E-state index contributed by atoms with van der Waals surface area (Å²) in [4.78, 5) is 0. The molecule has 2 rings (SSSR count). The van der Waals surface area contributed by atoms with Crippen molar-refractivity contribution in [3.05, 3.63) is 60.7 Å². The summed E-state index contributed by atoms with van der Waals surface area (Å²) >= 11 is 0. The Hall–Kier alpha value is 34.9. The van der Waals surface area contributed by atoms with Crippen molar-refractivity contribution >= 4 is 0 Å². The van der Waals surface area contributed by atoms with Gasteiger partial charge in [0.25, 0.3) is 0 Å². The molecule has 0 aromatic heterocycles. The van der Waals surface area contributed by atoms with Gasteiger partial charge in [0.1, 0.15) is 0 Å². The smallest absolute Gasteiger partial charge is 0 e. The molecule has 0 aliphatic rings. The zero-order chi connectivity index (χ0) is 8.23. The van der Waals surface area contributed by atoms with Crippen molar-refractivity contribution in [2.45, 2.75) is 0 Å². The van der Waals surface area contributed by atoms with Gasteiger partial charge in [-0.25, -0.2) is 11.1 Å². The Morgan fingerprint density at radius 1 is 0.200 bits per heavy atom. The largest absolute Gasteiger partial charge is 0.226 e. The molecule has 0 heterocycles. The van der Waals surface area contributed by atoms with Crippen molar-refractivity contribution in [3.63, 3.8) is 0 Å². The predicted octanol–water partition coefficient (Wildman–Crippen LogP) is 2.87. The van der Waals surface area contributed by atoms with Gasteiger partial charge in [-0.05, 0) is 0 Å². The maximum atomic E-state index is 3.15. The standard InChI is InChI=1S/C12H8.33Y/c1-3-7-11(8-4-1)12-9-5-2-6-10-12;;;;;;;;;;;;;;;;;;;;;;;;;;;;;;;;;/h1-7,9H;;;;;;;;;;;;;;;;;;;;;;;;;;;;;;;;;/q-2;;;;;;;;;;;;;;;;;;;;;;;;;;;;;;;;;. The van der Waals surface area contributed by atoms with Crippen LogP contribution in [0.3, 0.4) is 0 Å². The van der Waals surface area contributed by atoms with E-state index >= 15 is 0 Å². The van der Waals surface area contributed by atoms with Gasteiger partial charge in [-0.1, -0.05) is 0 Å². The molecule has 157 valence electrons. The maximum absolute atomic E-state index is 3.15. The Morgan fingerprint density at radius 3 is 0.422 bits per heavy atom. The zero-order valence-electron chi connectivity index (χ0n) is 25.7. The van der Waals surface area contributed by atoms with E-state index in [2.05, 4.69) is 12.1 Å². The molecule has 2 aromatic carbocycles. The number of benzene rings is 2. The van der Waals surface area contributed by atoms with Crippen molar-refractivity contribution in [2.24, 2.45) is 0 Å². The SMILES string of the molecule is [Y].[Y].[Y].[Y].[Y].[Y].[Y].[Y].[Y].[Y].[Y].[Y].[Y].[Y].[Y].[Y].[Y].[Y].[Y].[Y].[Y].[Y].[Y].[Y].[Y].[Y].[Y].[Y].[Y].[Y].[Y].[Y].[Y].[c-]1ccccc1-c1[c-]cccc1. The van der Waals surface area contributed by atoms with Crippen LogP contribution in [0.1, 0.15) is 0 Å². The number of rotatable bonds is 1. The summed E-state index contributed by atoms with van der Waals surface area (Å²) in [6.07, 6.45) is 0. The van der Waals surface area contributed by atoms with E-state index < -0.39 is 0 Å². The molecule has 0 aliphatic carbocycles. The topological polar surface area (TPSA) is 0 Å². The van der Waals surface area contributed by atoms with Gasteiger partial charge in [-0.3, -0.25) is 0 Å². The molecular formula is C12H8Y33-2. The molecule has 33 radical (unpaired) electrons. The van der Waals surface area contributed by atoms with E-state index in [9.17, 15) is 0 Å². The van der Waals surface area contributed by atoms with Crippen LogP contribution < -0.4 is 0 Å². The third kappa shape index (κ3) is 155. The summed E-state index contributed by atoms with van der Waals surface area (Å²) in [5.41, 5.74) is 2.19. The molecule has 0 unspecified atom stereocenters. The van der Waals surface area contributed by atoms with Crippen LogP contribution in [-0.4, -0.2) is 0 Å². The molecular weight excluding hydrogens is 3080 g/mol. The molecule has 33 heteroatoms. The quantitative estimate of drug-likeness (QED) is 0.387. The van der Waals surface area contributed by atoms with Crippen LogP contribution in [0.4, 0.5) is 0 Å². The number of hydrogen-bond donors (Lipinski definition) is 0. The fourth-order valence-electron chi connectivity index (χ4n) is 1.12. The fourth-order valence-corrected chi connectivity index (χ4v) is 1.12. The normalized spacial score (nSPS) is 2.58. The minimum atomic E-state index is 0. The first-order valence-electron chi connectivity index (χ1n) is 3.90. The predicted molar refractivity (Wildman–Crippen MR) is 49.6 cm³/mol. The minimum Gasteiger partial charge on any atom is -0.226 e. The van der Waals surface area contributed by atoms with E-state index in [1.165, 1.54) is 0 Å². The van der Waals surface area contributed by atoms with Crippen molar-refractivity contribution in [1.29, 1.82) is 0 Å². The van der Waals surface area contributed by atoms with Crippen molar-refractivity contribution in [1.82, 2.24) is 0 Å². The Balaban J connectivity index is -0.00000000171. The maximum Gasteiger partial charge on any atom is 0 e. The van der Waals surface area contributed by atoms with Gasteiger partial charge in [0.05, 0.1) is 0 Å². The molecule has 0 nitrogen and oxygen atoms in total. The van der Waals surface area contributed by atoms with Crippen LogP contribution in [0.15, 0.2) is 48.5 Å². The summed E-state index contributed by atoms with van der Waals surface area (Å²) in [7, 11) is 0. The van der Waals surface area contributed by atoms with Gasteiger partial charge in [-0.15, -0.1) is 12.1 Å². The van der Waals surface area contributed by atoms with E-state index in [1.807, 2.05) is 48.5 Å². The third-order valence-corrected chi connectivity index (χ3v) is 1.71. The van der Waals surface area contributed by atoms with E-state index in [1.54, 1.807) is 0 Å². The van der Waals surface area contributed by atoms with Crippen LogP contribution in [0.5, 0.6) is 0 Å². The molecule has 45 heavy (non-hydrogen) atoms. The van der Waals surface area contributed by atoms with E-state index in [4.69, 9.17) is 0 Å². The Labute approximate surface area is 1110 Å². The monoisotopic (exact) mass is 3090 g/mol. The molecule has 0 atom stereocenters. The summed E-state index contributed by atoms with van der Waals surface area (Å²) in [5.74, 6) is 0. The Bertz CT molecular complexity index is 335. The molecule has 0 N–H and O–H groups in total. The molecule has 0 aliphatic heterocycles. The van der Waals surface area contributed by atoms with Crippen LogP contribution in [0.2, 0.25) is 0 Å². The summed E-state index contributed by atoms with van der Waals surface area (Å²) in [5, 5.41) is 0. The molecule has 0 spiro atoms. The van der Waals surface area contributed by atoms with E-state index in [-0.39, 0.29) is 1080 Å². The number of hydrogen-bond acceptors (Lipinski definition) is 0. The average Bonchev–Trinajstić information content (AvgIpc) is 2.21. The van der Waals surface area contributed by atoms with Gasteiger partial charge >= 0.3 is 0 Å². The third-order valence-electron chi connectivity index (χ3n) is 1.71. The molecule has 0 bridgehead atoms. The molecule has 0 fully saturated rings. The zero-order valence-corrected chi connectivity index (χ0v) is 119. The Kier molecular flexibility index (Phi) is 890. The first-order chi connectivity index (χ1) is 5.97. The van der Waals surface area contributed by atoms with Gasteiger partial charge in [-0.2, -0.15) is 48.5 Å². The van der Waals surface area contributed by atoms with Crippen LogP contribution in [0.25, 0.3) is 11.1 Å². The van der Waals surface area contributed by atoms with Crippen LogP contribution in [0, 0.1) is 12.1 Å². The Morgan fingerprint density at radius 2 is 0.333 bits per heavy atom.